The monoisotopic (exact) mass is 317 g/mol. The lowest BCUT2D eigenvalue weighted by Crippen LogP contribution is -2.38. The first-order valence-electron chi connectivity index (χ1n) is 5.19. The number of nitrogens with zero attached hydrogens (tertiary/aromatic N) is 2. The molecule has 1 amide bonds. The molecule has 0 unspecified atom stereocenters. The van der Waals surface area contributed by atoms with Crippen LogP contribution in [0.3, 0.4) is 0 Å². The van der Waals surface area contributed by atoms with E-state index in [9.17, 15) is 9.18 Å². The highest BCUT2D eigenvalue weighted by molar-refractivity contribution is 9.10. The van der Waals surface area contributed by atoms with Gasteiger partial charge < -0.3 is 15.8 Å². The first kappa shape index (κ1) is 14.4. The van der Waals surface area contributed by atoms with Crippen molar-refractivity contribution in [1.82, 2.24) is 4.90 Å². The van der Waals surface area contributed by atoms with Crippen molar-refractivity contribution in [3.05, 3.63) is 34.1 Å². The van der Waals surface area contributed by atoms with Crippen molar-refractivity contribution in [3.8, 4) is 0 Å². The third kappa shape index (κ3) is 3.69. The van der Waals surface area contributed by atoms with E-state index < -0.39 is 5.82 Å². The zero-order valence-electron chi connectivity index (χ0n) is 9.73. The molecule has 0 heterocycles. The second-order valence-electron chi connectivity index (χ2n) is 3.57. The molecule has 0 atom stereocenters. The van der Waals surface area contributed by atoms with E-state index in [1.54, 1.807) is 6.92 Å². The molecule has 0 spiro atoms. The number of likely N-dealkylation sites (N-methyl/N-ethyl adjacent to an activating group) is 1. The minimum atomic E-state index is -0.507. The van der Waals surface area contributed by atoms with Crippen LogP contribution in [0.2, 0.25) is 0 Å². The van der Waals surface area contributed by atoms with E-state index in [4.69, 9.17) is 10.9 Å². The van der Waals surface area contributed by atoms with E-state index in [1.807, 2.05) is 0 Å². The summed E-state index contributed by atoms with van der Waals surface area (Å²) < 4.78 is 13.7. The van der Waals surface area contributed by atoms with Gasteiger partial charge in [-0.15, -0.1) is 0 Å². The van der Waals surface area contributed by atoms with Crippen LogP contribution >= 0.6 is 15.9 Å². The average Bonchev–Trinajstić information content (AvgIpc) is 2.33. The molecule has 0 aromatic heterocycles. The minimum absolute atomic E-state index is 0.0139. The van der Waals surface area contributed by atoms with Gasteiger partial charge in [0.25, 0.3) is 5.91 Å². The Morgan fingerprint density at radius 3 is 2.72 bits per heavy atom. The van der Waals surface area contributed by atoms with Crippen molar-refractivity contribution in [3.63, 3.8) is 0 Å². The Hall–Kier alpha value is -1.63. The van der Waals surface area contributed by atoms with Gasteiger partial charge in [0.05, 0.1) is 6.54 Å². The fraction of sp³-hybridized carbons (Fsp3) is 0.273. The van der Waals surface area contributed by atoms with Gasteiger partial charge in [-0.3, -0.25) is 4.79 Å². The van der Waals surface area contributed by atoms with Gasteiger partial charge in [0.15, 0.2) is 5.84 Å². The van der Waals surface area contributed by atoms with Crippen LogP contribution in [-0.4, -0.2) is 34.9 Å². The largest absolute Gasteiger partial charge is 0.409 e. The molecule has 0 fully saturated rings. The number of carbonyl (C=O) groups is 1. The second-order valence-corrected chi connectivity index (χ2v) is 4.48. The molecule has 1 aromatic rings. The van der Waals surface area contributed by atoms with Crippen molar-refractivity contribution >= 4 is 27.7 Å². The summed E-state index contributed by atoms with van der Waals surface area (Å²) in [6.07, 6.45) is 0. The molecule has 0 aliphatic carbocycles. The number of nitrogens with two attached hydrogens (primary N) is 1. The van der Waals surface area contributed by atoms with Crippen LogP contribution < -0.4 is 5.73 Å². The molecule has 0 aliphatic heterocycles. The fourth-order valence-corrected chi connectivity index (χ4v) is 1.88. The highest BCUT2D eigenvalue weighted by Crippen LogP contribution is 2.16. The smallest absolute Gasteiger partial charge is 0.254 e. The van der Waals surface area contributed by atoms with E-state index in [0.29, 0.717) is 11.0 Å². The van der Waals surface area contributed by atoms with Gasteiger partial charge in [0.1, 0.15) is 5.82 Å². The summed E-state index contributed by atoms with van der Waals surface area (Å²) in [6.45, 7) is 2.10. The normalized spacial score (nSPS) is 11.4. The predicted molar refractivity (Wildman–Crippen MR) is 69.1 cm³/mol. The average molecular weight is 318 g/mol. The maximum absolute atomic E-state index is 13.2. The fourth-order valence-electron chi connectivity index (χ4n) is 1.41. The quantitative estimate of drug-likeness (QED) is 0.384. The number of benzene rings is 1. The summed E-state index contributed by atoms with van der Waals surface area (Å²) >= 11 is 3.12. The number of oxime groups is 1. The van der Waals surface area contributed by atoms with Gasteiger partial charge in [-0.2, -0.15) is 0 Å². The molecular weight excluding hydrogens is 305 g/mol. The second kappa shape index (κ2) is 6.34. The Morgan fingerprint density at radius 2 is 2.22 bits per heavy atom. The van der Waals surface area contributed by atoms with Gasteiger partial charge in [0, 0.05) is 16.6 Å². The predicted octanol–water partition coefficient (Wildman–Crippen LogP) is 1.80. The molecule has 1 aromatic carbocycles. The molecule has 1 rings (SSSR count). The topological polar surface area (TPSA) is 78.9 Å². The summed E-state index contributed by atoms with van der Waals surface area (Å²) in [5, 5.41) is 11.3. The summed E-state index contributed by atoms with van der Waals surface area (Å²) in [6, 6.07) is 3.92. The van der Waals surface area contributed by atoms with Crippen molar-refractivity contribution < 1.29 is 14.4 Å². The van der Waals surface area contributed by atoms with Gasteiger partial charge in [-0.25, -0.2) is 4.39 Å². The van der Waals surface area contributed by atoms with Crippen LogP contribution in [0.15, 0.2) is 27.8 Å². The van der Waals surface area contributed by atoms with E-state index in [-0.39, 0.29) is 23.9 Å². The number of hydrogen-bond acceptors (Lipinski definition) is 3. The van der Waals surface area contributed by atoms with E-state index in [2.05, 4.69) is 21.1 Å². The molecule has 98 valence electrons. The molecule has 0 bridgehead atoms. The van der Waals surface area contributed by atoms with Gasteiger partial charge in [-0.1, -0.05) is 21.1 Å². The van der Waals surface area contributed by atoms with Crippen LogP contribution in [0, 0.1) is 5.82 Å². The van der Waals surface area contributed by atoms with Gasteiger partial charge in [-0.05, 0) is 25.1 Å². The number of amidine groups is 1. The summed E-state index contributed by atoms with van der Waals surface area (Å²) in [5.74, 6) is -0.974. The molecule has 7 heteroatoms. The van der Waals surface area contributed by atoms with Crippen LogP contribution in [-0.2, 0) is 0 Å². The molecule has 5 nitrogen and oxygen atoms in total. The zero-order chi connectivity index (χ0) is 13.7. The molecule has 0 aliphatic rings. The molecule has 0 saturated heterocycles. The number of halogens is 2. The SMILES string of the molecule is CCN(C/C(N)=N/O)C(=O)c1cc(F)cc(Br)c1. The van der Waals surface area contributed by atoms with Crippen LogP contribution in [0.5, 0.6) is 0 Å². The molecular formula is C11H13BrFN3O2. The molecule has 0 radical (unpaired) electrons. The lowest BCUT2D eigenvalue weighted by atomic mass is 10.2. The van der Waals surface area contributed by atoms with Crippen molar-refractivity contribution in [2.75, 3.05) is 13.1 Å². The minimum Gasteiger partial charge on any atom is -0.409 e. The summed E-state index contributed by atoms with van der Waals surface area (Å²) in [7, 11) is 0. The summed E-state index contributed by atoms with van der Waals surface area (Å²) in [5.41, 5.74) is 5.55. The van der Waals surface area contributed by atoms with Gasteiger partial charge in [0.2, 0.25) is 0 Å². The molecule has 3 N–H and O–H groups in total. The van der Waals surface area contributed by atoms with E-state index >= 15 is 0 Å². The van der Waals surface area contributed by atoms with E-state index in [0.717, 1.165) is 6.07 Å². The van der Waals surface area contributed by atoms with Crippen molar-refractivity contribution in [2.24, 2.45) is 10.9 Å². The number of carbonyl (C=O) groups excluding carboxylic acids is 1. The van der Waals surface area contributed by atoms with Crippen LogP contribution in [0.25, 0.3) is 0 Å². The highest BCUT2D eigenvalue weighted by Gasteiger charge is 2.16. The Morgan fingerprint density at radius 1 is 1.56 bits per heavy atom. The third-order valence-corrected chi connectivity index (χ3v) is 2.72. The first-order valence-corrected chi connectivity index (χ1v) is 5.99. The lowest BCUT2D eigenvalue weighted by Gasteiger charge is -2.20. The lowest BCUT2D eigenvalue weighted by molar-refractivity contribution is 0.0785. The Balaban J connectivity index is 2.96. The molecule has 18 heavy (non-hydrogen) atoms. The highest BCUT2D eigenvalue weighted by atomic mass is 79.9. The number of rotatable bonds is 4. The zero-order valence-corrected chi connectivity index (χ0v) is 11.3. The number of amides is 1. The summed E-state index contributed by atoms with van der Waals surface area (Å²) in [4.78, 5) is 13.4. The van der Waals surface area contributed by atoms with Crippen LogP contribution in [0.1, 0.15) is 17.3 Å². The van der Waals surface area contributed by atoms with Crippen molar-refractivity contribution in [2.45, 2.75) is 6.92 Å². The van der Waals surface area contributed by atoms with Crippen LogP contribution in [0.4, 0.5) is 4.39 Å². The Bertz CT molecular complexity index is 459. The van der Waals surface area contributed by atoms with Gasteiger partial charge >= 0.3 is 0 Å². The Kier molecular flexibility index (Phi) is 5.08. The Labute approximate surface area is 112 Å². The first-order chi connectivity index (χ1) is 8.47. The molecule has 0 saturated carbocycles. The maximum Gasteiger partial charge on any atom is 0.254 e. The van der Waals surface area contributed by atoms with E-state index in [1.165, 1.54) is 17.0 Å². The number of hydrogen-bond donors (Lipinski definition) is 2. The third-order valence-electron chi connectivity index (χ3n) is 2.26. The van der Waals surface area contributed by atoms with Crippen molar-refractivity contribution in [1.29, 1.82) is 0 Å². The standard InChI is InChI=1S/C11H13BrFN3O2/c1-2-16(6-10(14)15-18)11(17)7-3-8(12)5-9(13)4-7/h3-5,18H,2,6H2,1H3,(H2,14,15). The maximum atomic E-state index is 13.2.